The van der Waals surface area contributed by atoms with Crippen molar-refractivity contribution in [2.45, 2.75) is 129 Å². The Morgan fingerprint density at radius 2 is 1.42 bits per heavy atom. The van der Waals surface area contributed by atoms with Gasteiger partial charge in [0.1, 0.15) is 5.78 Å². The summed E-state index contributed by atoms with van der Waals surface area (Å²) < 4.78 is 7.21. The number of allylic oxidation sites excluding steroid dienone is 1. The second-order valence-corrected chi connectivity index (χ2v) is 18.4. The van der Waals surface area contributed by atoms with Gasteiger partial charge in [-0.3, -0.25) is 4.79 Å². The lowest BCUT2D eigenvalue weighted by atomic mass is 9.47. The fraction of sp³-hybridized carbons (Fsp3) is 0.893. The van der Waals surface area contributed by atoms with Crippen LogP contribution in [-0.4, -0.2) is 20.2 Å². The highest BCUT2D eigenvalue weighted by atomic mass is 28.4. The van der Waals surface area contributed by atoms with Crippen molar-refractivity contribution >= 4 is 14.1 Å². The summed E-state index contributed by atoms with van der Waals surface area (Å²) in [7, 11) is -1.85. The standard InChI is InChI=1S/C28H48O2Si/c1-18(2)31(19(3)4,20(5)6)30-22-13-15-27(7)21(17-22)9-10-23-24-11-12-26(29)28(24,8)16-14-25(23)27/h17-20,22-25H,9-16H2,1-8H3/t22?,23-,24-,25+,27-,28-/m0/s1. The van der Waals surface area contributed by atoms with Gasteiger partial charge in [0.2, 0.25) is 8.32 Å². The normalized spacial score (nSPS) is 40.7. The summed E-state index contributed by atoms with van der Waals surface area (Å²) in [6.07, 6.45) is 12.3. The van der Waals surface area contributed by atoms with E-state index >= 15 is 0 Å². The highest BCUT2D eigenvalue weighted by molar-refractivity contribution is 6.77. The number of fused-ring (bicyclic) bond motifs is 5. The molecule has 0 aromatic heterocycles. The van der Waals surface area contributed by atoms with Crippen LogP contribution < -0.4 is 0 Å². The van der Waals surface area contributed by atoms with E-state index in [0.29, 0.717) is 39.8 Å². The zero-order valence-electron chi connectivity index (χ0n) is 21.6. The monoisotopic (exact) mass is 444 g/mol. The summed E-state index contributed by atoms with van der Waals surface area (Å²) in [5.74, 6) is 2.76. The van der Waals surface area contributed by atoms with Gasteiger partial charge in [-0.2, -0.15) is 0 Å². The number of hydrogen-bond donors (Lipinski definition) is 0. The molecule has 0 bridgehead atoms. The summed E-state index contributed by atoms with van der Waals surface area (Å²) in [5.41, 5.74) is 3.98. The van der Waals surface area contributed by atoms with Crippen LogP contribution in [0.5, 0.6) is 0 Å². The first-order chi connectivity index (χ1) is 14.5. The van der Waals surface area contributed by atoms with Gasteiger partial charge in [0.25, 0.3) is 0 Å². The molecular weight excluding hydrogens is 396 g/mol. The summed E-state index contributed by atoms with van der Waals surface area (Å²) in [6.45, 7) is 19.3. The highest BCUT2D eigenvalue weighted by Crippen LogP contribution is 2.64. The molecule has 0 N–H and O–H groups in total. The molecular formula is C28H48O2Si. The van der Waals surface area contributed by atoms with Crippen molar-refractivity contribution in [3.63, 3.8) is 0 Å². The largest absolute Gasteiger partial charge is 0.410 e. The van der Waals surface area contributed by atoms with Crippen molar-refractivity contribution in [2.24, 2.45) is 28.6 Å². The summed E-state index contributed by atoms with van der Waals surface area (Å²) in [4.78, 5) is 12.7. The molecule has 0 amide bonds. The van der Waals surface area contributed by atoms with E-state index in [1.165, 1.54) is 32.1 Å². The third-order valence-electron chi connectivity index (χ3n) is 10.8. The van der Waals surface area contributed by atoms with Gasteiger partial charge in [-0.15, -0.1) is 0 Å². The van der Waals surface area contributed by atoms with E-state index < -0.39 is 8.32 Å². The van der Waals surface area contributed by atoms with Crippen LogP contribution in [0.4, 0.5) is 0 Å². The second-order valence-electron chi connectivity index (χ2n) is 13.0. The molecule has 0 spiro atoms. The van der Waals surface area contributed by atoms with E-state index in [9.17, 15) is 4.79 Å². The first-order valence-corrected chi connectivity index (χ1v) is 15.5. The SMILES string of the molecule is CC(C)[Si](OC1C=C2CC[C@@H]3[C@@H](CC[C@]4(C)C(=O)CC[C@@H]34)[C@@]2(C)CC1)(C(C)C)C(C)C. The molecule has 0 heterocycles. The van der Waals surface area contributed by atoms with E-state index in [1.807, 2.05) is 0 Å². The van der Waals surface area contributed by atoms with Crippen molar-refractivity contribution in [2.75, 3.05) is 0 Å². The molecule has 176 valence electrons. The summed E-state index contributed by atoms with van der Waals surface area (Å²) >= 11 is 0. The Balaban J connectivity index is 1.58. The minimum Gasteiger partial charge on any atom is -0.410 e. The second kappa shape index (κ2) is 8.11. The van der Waals surface area contributed by atoms with Gasteiger partial charge in [0.15, 0.2) is 0 Å². The van der Waals surface area contributed by atoms with E-state index in [4.69, 9.17) is 4.43 Å². The van der Waals surface area contributed by atoms with Crippen molar-refractivity contribution in [1.29, 1.82) is 0 Å². The Hall–Kier alpha value is -0.413. The molecule has 4 aliphatic rings. The molecule has 4 rings (SSSR count). The van der Waals surface area contributed by atoms with Crippen LogP contribution in [0.2, 0.25) is 16.6 Å². The number of hydrogen-bond acceptors (Lipinski definition) is 2. The fourth-order valence-corrected chi connectivity index (χ4v) is 14.8. The van der Waals surface area contributed by atoms with Gasteiger partial charge in [-0.1, -0.05) is 67.0 Å². The predicted molar refractivity (Wildman–Crippen MR) is 133 cm³/mol. The lowest BCUT2D eigenvalue weighted by Gasteiger charge is -2.58. The topological polar surface area (TPSA) is 26.3 Å². The molecule has 6 atom stereocenters. The average Bonchev–Trinajstić information content (AvgIpc) is 3.00. The molecule has 0 saturated heterocycles. The van der Waals surface area contributed by atoms with Crippen LogP contribution in [0.25, 0.3) is 0 Å². The molecule has 31 heavy (non-hydrogen) atoms. The third-order valence-corrected chi connectivity index (χ3v) is 17.0. The van der Waals surface area contributed by atoms with Gasteiger partial charge in [-0.25, -0.2) is 0 Å². The van der Waals surface area contributed by atoms with Gasteiger partial charge < -0.3 is 4.43 Å². The maximum atomic E-state index is 12.7. The minimum absolute atomic E-state index is 0.00392. The highest BCUT2D eigenvalue weighted by Gasteiger charge is 2.59. The molecule has 3 fully saturated rings. The van der Waals surface area contributed by atoms with Crippen LogP contribution in [0.3, 0.4) is 0 Å². The van der Waals surface area contributed by atoms with Gasteiger partial charge in [-0.05, 0) is 84.7 Å². The Morgan fingerprint density at radius 1 is 0.839 bits per heavy atom. The first kappa shape index (κ1) is 23.7. The Morgan fingerprint density at radius 3 is 2.03 bits per heavy atom. The molecule has 0 aliphatic heterocycles. The molecule has 3 saturated carbocycles. The van der Waals surface area contributed by atoms with Crippen LogP contribution >= 0.6 is 0 Å². The summed E-state index contributed by atoms with van der Waals surface area (Å²) in [5, 5.41) is 0. The van der Waals surface area contributed by atoms with Crippen molar-refractivity contribution in [1.82, 2.24) is 0 Å². The Kier molecular flexibility index (Phi) is 6.21. The maximum absolute atomic E-state index is 12.7. The first-order valence-electron chi connectivity index (χ1n) is 13.4. The van der Waals surface area contributed by atoms with Crippen LogP contribution in [0.15, 0.2) is 11.6 Å². The molecule has 0 radical (unpaired) electrons. The zero-order valence-corrected chi connectivity index (χ0v) is 22.6. The lowest BCUT2D eigenvalue weighted by Crippen LogP contribution is -2.53. The number of ketones is 1. The molecule has 3 heteroatoms. The molecule has 1 unspecified atom stereocenters. The van der Waals surface area contributed by atoms with Gasteiger partial charge in [0.05, 0.1) is 6.10 Å². The lowest BCUT2D eigenvalue weighted by molar-refractivity contribution is -0.132. The maximum Gasteiger partial charge on any atom is 0.201 e. The van der Waals surface area contributed by atoms with E-state index in [2.05, 4.69) is 61.5 Å². The van der Waals surface area contributed by atoms with E-state index in [1.54, 1.807) is 5.57 Å². The number of Topliss-reactive ketones (excluding diaryl/α,β-unsaturated/α-hetero) is 1. The zero-order chi connectivity index (χ0) is 22.8. The van der Waals surface area contributed by atoms with Crippen molar-refractivity contribution < 1.29 is 9.22 Å². The predicted octanol–water partition coefficient (Wildman–Crippen LogP) is 8.08. The van der Waals surface area contributed by atoms with Crippen LogP contribution in [0.1, 0.15) is 107 Å². The van der Waals surface area contributed by atoms with Gasteiger partial charge in [0, 0.05) is 11.8 Å². The Labute approximate surface area is 193 Å². The van der Waals surface area contributed by atoms with Crippen molar-refractivity contribution in [3.05, 3.63) is 11.6 Å². The van der Waals surface area contributed by atoms with Crippen LogP contribution in [0, 0.1) is 28.6 Å². The Bertz CT molecular complexity index is 716. The number of carbonyl (C=O) groups is 1. The van der Waals surface area contributed by atoms with Crippen LogP contribution in [-0.2, 0) is 9.22 Å². The summed E-state index contributed by atoms with van der Waals surface area (Å²) in [6, 6.07) is 0. The molecule has 0 aromatic rings. The number of carbonyl (C=O) groups excluding carboxylic acids is 1. The van der Waals surface area contributed by atoms with E-state index in [0.717, 1.165) is 31.1 Å². The fourth-order valence-electron chi connectivity index (χ4n) is 9.23. The smallest absolute Gasteiger partial charge is 0.201 e. The average molecular weight is 445 g/mol. The third kappa shape index (κ3) is 3.47. The molecule has 2 nitrogen and oxygen atoms in total. The molecule has 4 aliphatic carbocycles. The van der Waals surface area contributed by atoms with E-state index in [-0.39, 0.29) is 5.41 Å². The van der Waals surface area contributed by atoms with Gasteiger partial charge >= 0.3 is 0 Å². The van der Waals surface area contributed by atoms with Crippen molar-refractivity contribution in [3.8, 4) is 0 Å². The molecule has 0 aromatic carbocycles. The minimum atomic E-state index is -1.85. The number of rotatable bonds is 5. The quantitative estimate of drug-likeness (QED) is 0.316.